The van der Waals surface area contributed by atoms with Crippen molar-refractivity contribution in [3.8, 4) is 5.75 Å². The fraction of sp³-hybridized carbons (Fsp3) is 0.391. The van der Waals surface area contributed by atoms with Gasteiger partial charge in [-0.15, -0.1) is 0 Å². The number of hydrogen-bond donors (Lipinski definition) is 1. The Hall–Kier alpha value is -2.41. The van der Waals surface area contributed by atoms with Gasteiger partial charge in [-0.2, -0.15) is 0 Å². The summed E-state index contributed by atoms with van der Waals surface area (Å²) in [6.45, 7) is 1.42. The van der Waals surface area contributed by atoms with Crippen LogP contribution in [-0.2, 0) is 16.1 Å². The third kappa shape index (κ3) is 6.05. The maximum absolute atomic E-state index is 14.2. The molecule has 1 aliphatic rings. The summed E-state index contributed by atoms with van der Waals surface area (Å²) in [6.07, 6.45) is 4.09. The monoisotopic (exact) mass is 476 g/mol. The number of nitrogens with one attached hydrogen (secondary N) is 1. The van der Waals surface area contributed by atoms with Crippen LogP contribution in [-0.4, -0.2) is 35.4 Å². The lowest BCUT2D eigenvalue weighted by molar-refractivity contribution is -0.142. The second-order valence-electron chi connectivity index (χ2n) is 7.52. The SMILES string of the molecule is C[C@H](C(=O)NC1CCCC1)N(Cc1ccccc1F)C(=O)COc1ccc(Br)cc1. The molecule has 0 radical (unpaired) electrons. The first kappa shape index (κ1) is 22.3. The van der Waals surface area contributed by atoms with Gasteiger partial charge < -0.3 is 15.0 Å². The van der Waals surface area contributed by atoms with E-state index >= 15 is 0 Å². The van der Waals surface area contributed by atoms with Gasteiger partial charge in [0.15, 0.2) is 6.61 Å². The van der Waals surface area contributed by atoms with Crippen molar-refractivity contribution in [1.82, 2.24) is 10.2 Å². The van der Waals surface area contributed by atoms with E-state index in [1.54, 1.807) is 37.3 Å². The molecule has 1 N–H and O–H groups in total. The van der Waals surface area contributed by atoms with Crippen molar-refractivity contribution in [2.75, 3.05) is 6.61 Å². The summed E-state index contributed by atoms with van der Waals surface area (Å²) in [4.78, 5) is 27.1. The Morgan fingerprint density at radius 1 is 1.17 bits per heavy atom. The van der Waals surface area contributed by atoms with E-state index in [4.69, 9.17) is 4.74 Å². The molecule has 2 aromatic carbocycles. The van der Waals surface area contributed by atoms with E-state index in [0.717, 1.165) is 30.2 Å². The zero-order valence-corrected chi connectivity index (χ0v) is 18.5. The molecular weight excluding hydrogens is 451 g/mol. The summed E-state index contributed by atoms with van der Waals surface area (Å²) >= 11 is 3.35. The Morgan fingerprint density at radius 2 is 1.83 bits per heavy atom. The number of rotatable bonds is 8. The molecule has 3 rings (SSSR count). The van der Waals surface area contributed by atoms with Gasteiger partial charge >= 0.3 is 0 Å². The summed E-state index contributed by atoms with van der Waals surface area (Å²) in [7, 11) is 0. The Morgan fingerprint density at radius 3 is 2.50 bits per heavy atom. The van der Waals surface area contributed by atoms with Crippen molar-refractivity contribution in [2.45, 2.75) is 51.2 Å². The topological polar surface area (TPSA) is 58.6 Å². The average Bonchev–Trinajstić information content (AvgIpc) is 3.25. The molecule has 0 bridgehead atoms. The zero-order chi connectivity index (χ0) is 21.5. The highest BCUT2D eigenvalue weighted by molar-refractivity contribution is 9.10. The minimum atomic E-state index is -0.744. The highest BCUT2D eigenvalue weighted by Crippen LogP contribution is 2.20. The summed E-state index contributed by atoms with van der Waals surface area (Å²) in [5, 5.41) is 3.02. The summed E-state index contributed by atoms with van der Waals surface area (Å²) in [6, 6.07) is 12.8. The average molecular weight is 477 g/mol. The Kier molecular flexibility index (Phi) is 7.85. The molecule has 0 unspecified atom stereocenters. The van der Waals surface area contributed by atoms with Crippen LogP contribution >= 0.6 is 15.9 Å². The normalized spacial score (nSPS) is 14.9. The number of hydrogen-bond acceptors (Lipinski definition) is 3. The van der Waals surface area contributed by atoms with Crippen molar-refractivity contribution >= 4 is 27.7 Å². The van der Waals surface area contributed by atoms with Gasteiger partial charge in [-0.3, -0.25) is 9.59 Å². The van der Waals surface area contributed by atoms with Gasteiger partial charge in [0.2, 0.25) is 5.91 Å². The molecule has 2 aromatic rings. The number of carbonyl (C=O) groups is 2. The number of nitrogens with zero attached hydrogens (tertiary/aromatic N) is 1. The Bertz CT molecular complexity index is 869. The molecule has 0 aromatic heterocycles. The molecule has 0 heterocycles. The number of halogens is 2. The highest BCUT2D eigenvalue weighted by atomic mass is 79.9. The third-order valence-electron chi connectivity index (χ3n) is 5.34. The minimum Gasteiger partial charge on any atom is -0.484 e. The van der Waals surface area contributed by atoms with Crippen LogP contribution in [0.2, 0.25) is 0 Å². The molecule has 1 aliphatic carbocycles. The fourth-order valence-corrected chi connectivity index (χ4v) is 3.81. The van der Waals surface area contributed by atoms with Crippen molar-refractivity contribution in [3.63, 3.8) is 0 Å². The van der Waals surface area contributed by atoms with Crippen LogP contribution in [0.5, 0.6) is 5.75 Å². The summed E-state index contributed by atoms with van der Waals surface area (Å²) in [5.74, 6) is -0.474. The number of ether oxygens (including phenoxy) is 1. The standard InChI is InChI=1S/C23H26BrFN2O3/c1-16(23(29)26-19-7-3-4-8-19)27(14-17-6-2-5-9-21(17)25)22(28)15-30-20-12-10-18(24)11-13-20/h2,5-6,9-13,16,19H,3-4,7-8,14-15H2,1H3,(H,26,29)/t16-/m1/s1. The van der Waals surface area contributed by atoms with Crippen LogP contribution in [0.3, 0.4) is 0 Å². The van der Waals surface area contributed by atoms with Gasteiger partial charge in [-0.25, -0.2) is 4.39 Å². The quantitative estimate of drug-likeness (QED) is 0.612. The summed E-state index contributed by atoms with van der Waals surface area (Å²) < 4.78 is 20.7. The predicted octanol–water partition coefficient (Wildman–Crippen LogP) is 4.44. The van der Waals surface area contributed by atoms with E-state index in [-0.39, 0.29) is 31.0 Å². The lowest BCUT2D eigenvalue weighted by Gasteiger charge is -2.29. The highest BCUT2D eigenvalue weighted by Gasteiger charge is 2.29. The van der Waals surface area contributed by atoms with Gasteiger partial charge in [0.1, 0.15) is 17.6 Å². The van der Waals surface area contributed by atoms with E-state index in [9.17, 15) is 14.0 Å². The molecule has 30 heavy (non-hydrogen) atoms. The minimum absolute atomic E-state index is 0.00550. The molecule has 1 atom stereocenters. The Labute approximate surface area is 184 Å². The molecule has 160 valence electrons. The molecule has 2 amide bonds. The van der Waals surface area contributed by atoms with Crippen LogP contribution < -0.4 is 10.1 Å². The molecule has 0 spiro atoms. The predicted molar refractivity (Wildman–Crippen MR) is 116 cm³/mol. The van der Waals surface area contributed by atoms with E-state index < -0.39 is 11.9 Å². The molecule has 5 nitrogen and oxygen atoms in total. The third-order valence-corrected chi connectivity index (χ3v) is 5.87. The van der Waals surface area contributed by atoms with Gasteiger partial charge in [0.25, 0.3) is 5.91 Å². The van der Waals surface area contributed by atoms with Crippen LogP contribution in [0.4, 0.5) is 4.39 Å². The van der Waals surface area contributed by atoms with E-state index in [2.05, 4.69) is 21.2 Å². The zero-order valence-electron chi connectivity index (χ0n) is 16.9. The molecule has 7 heteroatoms. The van der Waals surface area contributed by atoms with Crippen molar-refractivity contribution in [1.29, 1.82) is 0 Å². The maximum atomic E-state index is 14.2. The first-order valence-electron chi connectivity index (χ1n) is 10.2. The second-order valence-corrected chi connectivity index (χ2v) is 8.44. The fourth-order valence-electron chi connectivity index (χ4n) is 3.54. The number of carbonyl (C=O) groups excluding carboxylic acids is 2. The van der Waals surface area contributed by atoms with Gasteiger partial charge in [-0.05, 0) is 50.1 Å². The second kappa shape index (κ2) is 10.6. The van der Waals surface area contributed by atoms with Gasteiger partial charge in [0, 0.05) is 22.6 Å². The van der Waals surface area contributed by atoms with Crippen molar-refractivity contribution in [2.24, 2.45) is 0 Å². The van der Waals surface area contributed by atoms with E-state index in [1.807, 2.05) is 12.1 Å². The van der Waals surface area contributed by atoms with E-state index in [1.165, 1.54) is 11.0 Å². The van der Waals surface area contributed by atoms with Crippen LogP contribution in [0.1, 0.15) is 38.2 Å². The Balaban J connectivity index is 1.71. The first-order chi connectivity index (χ1) is 14.4. The van der Waals surface area contributed by atoms with Crippen LogP contribution in [0.25, 0.3) is 0 Å². The first-order valence-corrected chi connectivity index (χ1v) is 10.9. The molecule has 0 aliphatic heterocycles. The van der Waals surface area contributed by atoms with Crippen LogP contribution in [0, 0.1) is 5.82 Å². The molecule has 0 saturated heterocycles. The lowest BCUT2D eigenvalue weighted by Crippen LogP contribution is -2.50. The van der Waals surface area contributed by atoms with Crippen LogP contribution in [0.15, 0.2) is 53.0 Å². The van der Waals surface area contributed by atoms with Crippen molar-refractivity contribution < 1.29 is 18.7 Å². The largest absolute Gasteiger partial charge is 0.484 e. The maximum Gasteiger partial charge on any atom is 0.261 e. The number of benzene rings is 2. The van der Waals surface area contributed by atoms with Crippen molar-refractivity contribution in [3.05, 3.63) is 64.4 Å². The molecular formula is C23H26BrFN2O3. The summed E-state index contributed by atoms with van der Waals surface area (Å²) in [5.41, 5.74) is 0.356. The van der Waals surface area contributed by atoms with Gasteiger partial charge in [-0.1, -0.05) is 47.0 Å². The number of amides is 2. The lowest BCUT2D eigenvalue weighted by atomic mass is 10.1. The van der Waals surface area contributed by atoms with E-state index in [0.29, 0.717) is 11.3 Å². The smallest absolute Gasteiger partial charge is 0.261 e. The molecule has 1 fully saturated rings. The van der Waals surface area contributed by atoms with Gasteiger partial charge in [0.05, 0.1) is 0 Å². The molecule has 1 saturated carbocycles.